The first-order chi connectivity index (χ1) is 9.93. The summed E-state index contributed by atoms with van der Waals surface area (Å²) in [6.07, 6.45) is 0. The average molecular weight is 296 g/mol. The van der Waals surface area contributed by atoms with Gasteiger partial charge in [0.25, 0.3) is 0 Å². The Kier molecular flexibility index (Phi) is 4.21. The molecular weight excluding hydrogens is 282 g/mol. The quantitative estimate of drug-likeness (QED) is 0.840. The standard InChI is InChI=1S/C14H14F2N2O3/c1-3-21-13(19)11-7(2)17-14(20)18-12(11)9-5-4-8(15)6-10(9)16/h4-6,12H,3H2,1-2H3,(H2,17,18,20). The van der Waals surface area contributed by atoms with Gasteiger partial charge >= 0.3 is 12.0 Å². The summed E-state index contributed by atoms with van der Waals surface area (Å²) in [5, 5.41) is 4.87. The molecule has 1 aromatic carbocycles. The van der Waals surface area contributed by atoms with Crippen LogP contribution in [0, 0.1) is 11.6 Å². The second-order valence-electron chi connectivity index (χ2n) is 4.46. The van der Waals surface area contributed by atoms with Crippen molar-refractivity contribution in [3.8, 4) is 0 Å². The van der Waals surface area contributed by atoms with Crippen molar-refractivity contribution in [1.82, 2.24) is 10.6 Å². The van der Waals surface area contributed by atoms with Crippen molar-refractivity contribution in [2.75, 3.05) is 6.61 Å². The van der Waals surface area contributed by atoms with Gasteiger partial charge in [-0.25, -0.2) is 18.4 Å². The molecule has 2 rings (SSSR count). The number of halogens is 2. The minimum atomic E-state index is -1.03. The highest BCUT2D eigenvalue weighted by atomic mass is 19.1. The first-order valence-corrected chi connectivity index (χ1v) is 6.34. The van der Waals surface area contributed by atoms with E-state index in [1.165, 1.54) is 13.0 Å². The fourth-order valence-corrected chi connectivity index (χ4v) is 2.14. The van der Waals surface area contributed by atoms with Crippen molar-refractivity contribution in [1.29, 1.82) is 0 Å². The molecular formula is C14H14F2N2O3. The molecule has 0 aliphatic carbocycles. The lowest BCUT2D eigenvalue weighted by molar-refractivity contribution is -0.139. The number of hydrogen-bond donors (Lipinski definition) is 2. The van der Waals surface area contributed by atoms with Gasteiger partial charge in [-0.05, 0) is 19.9 Å². The zero-order valence-corrected chi connectivity index (χ0v) is 11.5. The minimum Gasteiger partial charge on any atom is -0.463 e. The Bertz CT molecular complexity index is 629. The molecule has 1 heterocycles. The maximum Gasteiger partial charge on any atom is 0.338 e. The van der Waals surface area contributed by atoms with Gasteiger partial charge < -0.3 is 15.4 Å². The molecule has 0 saturated heterocycles. The maximum absolute atomic E-state index is 13.9. The molecule has 0 radical (unpaired) electrons. The van der Waals surface area contributed by atoms with E-state index >= 15 is 0 Å². The van der Waals surface area contributed by atoms with Crippen LogP contribution < -0.4 is 10.6 Å². The second kappa shape index (κ2) is 5.90. The first-order valence-electron chi connectivity index (χ1n) is 6.34. The van der Waals surface area contributed by atoms with Crippen molar-refractivity contribution in [2.45, 2.75) is 19.9 Å². The molecule has 0 aromatic heterocycles. The largest absolute Gasteiger partial charge is 0.463 e. The zero-order chi connectivity index (χ0) is 15.6. The van der Waals surface area contributed by atoms with E-state index in [4.69, 9.17) is 4.74 Å². The number of benzene rings is 1. The molecule has 1 aromatic rings. The predicted octanol–water partition coefficient (Wildman–Crippen LogP) is 2.16. The second-order valence-corrected chi connectivity index (χ2v) is 4.46. The normalized spacial score (nSPS) is 18.1. The maximum atomic E-state index is 13.9. The van der Waals surface area contributed by atoms with Crippen LogP contribution in [0.5, 0.6) is 0 Å². The van der Waals surface area contributed by atoms with Gasteiger partial charge in [0, 0.05) is 17.3 Å². The molecule has 2 amide bonds. The van der Waals surface area contributed by atoms with Crippen molar-refractivity contribution in [2.24, 2.45) is 0 Å². The molecule has 1 aliphatic rings. The summed E-state index contributed by atoms with van der Waals surface area (Å²) in [5.74, 6) is -2.26. The lowest BCUT2D eigenvalue weighted by Gasteiger charge is -2.28. The molecule has 1 atom stereocenters. The van der Waals surface area contributed by atoms with Gasteiger partial charge in [0.1, 0.15) is 11.6 Å². The Balaban J connectivity index is 2.49. The Hall–Kier alpha value is -2.44. The highest BCUT2D eigenvalue weighted by Gasteiger charge is 2.33. The fourth-order valence-electron chi connectivity index (χ4n) is 2.14. The summed E-state index contributed by atoms with van der Waals surface area (Å²) in [4.78, 5) is 23.6. The fraction of sp³-hybridized carbons (Fsp3) is 0.286. The molecule has 5 nitrogen and oxygen atoms in total. The topological polar surface area (TPSA) is 67.4 Å². The van der Waals surface area contributed by atoms with Crippen molar-refractivity contribution < 1.29 is 23.1 Å². The molecule has 0 spiro atoms. The van der Waals surface area contributed by atoms with Gasteiger partial charge in [0.05, 0.1) is 18.2 Å². The number of rotatable bonds is 3. The number of hydrogen-bond acceptors (Lipinski definition) is 3. The van der Waals surface area contributed by atoms with E-state index in [-0.39, 0.29) is 23.4 Å². The van der Waals surface area contributed by atoms with Crippen LogP contribution in [0.1, 0.15) is 25.5 Å². The predicted molar refractivity (Wildman–Crippen MR) is 70.1 cm³/mol. The van der Waals surface area contributed by atoms with Crippen LogP contribution in [-0.2, 0) is 9.53 Å². The van der Waals surface area contributed by atoms with Gasteiger partial charge in [-0.2, -0.15) is 0 Å². The number of esters is 1. The monoisotopic (exact) mass is 296 g/mol. The lowest BCUT2D eigenvalue weighted by Crippen LogP contribution is -2.45. The number of ether oxygens (including phenoxy) is 1. The molecule has 21 heavy (non-hydrogen) atoms. The van der Waals surface area contributed by atoms with Crippen molar-refractivity contribution >= 4 is 12.0 Å². The Labute approximate surface area is 120 Å². The van der Waals surface area contributed by atoms with E-state index < -0.39 is 29.7 Å². The van der Waals surface area contributed by atoms with Crippen molar-refractivity contribution in [3.63, 3.8) is 0 Å². The third kappa shape index (κ3) is 3.01. The Morgan fingerprint density at radius 2 is 2.10 bits per heavy atom. The van der Waals surface area contributed by atoms with Gasteiger partial charge in [0.15, 0.2) is 0 Å². The summed E-state index contributed by atoms with van der Waals surface area (Å²) in [7, 11) is 0. The molecule has 1 aliphatic heterocycles. The SMILES string of the molecule is CCOC(=O)C1=C(C)NC(=O)NC1c1ccc(F)cc1F. The Morgan fingerprint density at radius 1 is 1.38 bits per heavy atom. The average Bonchev–Trinajstić information content (AvgIpc) is 2.37. The molecule has 2 N–H and O–H groups in total. The smallest absolute Gasteiger partial charge is 0.338 e. The van der Waals surface area contributed by atoms with Crippen LogP contribution in [0.25, 0.3) is 0 Å². The Morgan fingerprint density at radius 3 is 2.71 bits per heavy atom. The van der Waals surface area contributed by atoms with Crippen LogP contribution in [0.15, 0.2) is 29.5 Å². The molecule has 0 fully saturated rings. The number of amides is 2. The molecule has 0 saturated carbocycles. The summed E-state index contributed by atoms with van der Waals surface area (Å²) in [6.45, 7) is 3.29. The number of urea groups is 1. The van der Waals surface area contributed by atoms with Gasteiger partial charge in [-0.3, -0.25) is 0 Å². The number of allylic oxidation sites excluding steroid dienone is 1. The molecule has 7 heteroatoms. The van der Waals surface area contributed by atoms with E-state index in [1.807, 2.05) is 0 Å². The summed E-state index contributed by atoms with van der Waals surface area (Å²) in [6, 6.07) is 1.34. The molecule has 112 valence electrons. The third-order valence-electron chi connectivity index (χ3n) is 3.04. The highest BCUT2D eigenvalue weighted by molar-refractivity contribution is 5.95. The van der Waals surface area contributed by atoms with Crippen molar-refractivity contribution in [3.05, 3.63) is 46.7 Å². The van der Waals surface area contributed by atoms with Crippen LogP contribution >= 0.6 is 0 Å². The summed E-state index contributed by atoms with van der Waals surface area (Å²) < 4.78 is 31.8. The summed E-state index contributed by atoms with van der Waals surface area (Å²) in [5.41, 5.74) is 0.349. The van der Waals surface area contributed by atoms with Crippen LogP contribution in [0.3, 0.4) is 0 Å². The number of carbonyl (C=O) groups excluding carboxylic acids is 2. The highest BCUT2D eigenvalue weighted by Crippen LogP contribution is 2.29. The van der Waals surface area contributed by atoms with Gasteiger partial charge in [-0.15, -0.1) is 0 Å². The number of carbonyl (C=O) groups is 2. The third-order valence-corrected chi connectivity index (χ3v) is 3.04. The van der Waals surface area contributed by atoms with E-state index in [9.17, 15) is 18.4 Å². The van der Waals surface area contributed by atoms with E-state index in [1.54, 1.807) is 6.92 Å². The van der Waals surface area contributed by atoms with Crippen LogP contribution in [0.2, 0.25) is 0 Å². The summed E-state index contributed by atoms with van der Waals surface area (Å²) >= 11 is 0. The van der Waals surface area contributed by atoms with E-state index in [0.717, 1.165) is 6.07 Å². The lowest BCUT2D eigenvalue weighted by atomic mass is 9.95. The van der Waals surface area contributed by atoms with E-state index in [0.29, 0.717) is 6.07 Å². The number of nitrogens with one attached hydrogen (secondary N) is 2. The zero-order valence-electron chi connectivity index (χ0n) is 11.5. The van der Waals surface area contributed by atoms with Crippen LogP contribution in [-0.4, -0.2) is 18.6 Å². The van der Waals surface area contributed by atoms with Crippen LogP contribution in [0.4, 0.5) is 13.6 Å². The van der Waals surface area contributed by atoms with Gasteiger partial charge in [-0.1, -0.05) is 6.07 Å². The molecule has 1 unspecified atom stereocenters. The first kappa shape index (κ1) is 15.0. The van der Waals surface area contributed by atoms with E-state index in [2.05, 4.69) is 10.6 Å². The van der Waals surface area contributed by atoms with Gasteiger partial charge in [0.2, 0.25) is 0 Å². The molecule has 0 bridgehead atoms. The minimum absolute atomic E-state index is 0.00588.